The van der Waals surface area contributed by atoms with Crippen LogP contribution in [0.15, 0.2) is 23.9 Å². The van der Waals surface area contributed by atoms with Crippen LogP contribution < -0.4 is 10.1 Å². The zero-order valence-corrected chi connectivity index (χ0v) is 11.5. The molecule has 2 N–H and O–H groups in total. The molecule has 7 heteroatoms. The molecule has 1 aliphatic rings. The van der Waals surface area contributed by atoms with Crippen LogP contribution in [0, 0.1) is 6.92 Å². The van der Waals surface area contributed by atoms with E-state index in [0.29, 0.717) is 10.6 Å². The van der Waals surface area contributed by atoms with Gasteiger partial charge < -0.3 is 15.2 Å². The van der Waals surface area contributed by atoms with Crippen molar-refractivity contribution >= 4 is 24.0 Å². The van der Waals surface area contributed by atoms with Gasteiger partial charge in [0.25, 0.3) is 5.91 Å². The minimum Gasteiger partial charge on any atom is -0.497 e. The Bertz CT molecular complexity index is 651. The number of nitrogens with zero attached hydrogens (tertiary/aromatic N) is 1. The first kappa shape index (κ1) is 14.6. The quantitative estimate of drug-likeness (QED) is 0.636. The molecule has 0 aliphatic carbocycles. The smallest absolute Gasteiger partial charge is 0.329 e. The van der Waals surface area contributed by atoms with Crippen LogP contribution in [0.1, 0.15) is 11.1 Å². The molecular formula is C14H14N2O5. The van der Waals surface area contributed by atoms with E-state index < -0.39 is 24.5 Å². The van der Waals surface area contributed by atoms with Gasteiger partial charge in [-0.05, 0) is 36.3 Å². The number of imide groups is 1. The number of methoxy groups -OCH3 is 1. The Balaban J connectivity index is 2.28. The molecule has 1 saturated heterocycles. The Kier molecular flexibility index (Phi) is 3.93. The summed E-state index contributed by atoms with van der Waals surface area (Å²) in [5, 5.41) is 11.0. The van der Waals surface area contributed by atoms with E-state index in [4.69, 9.17) is 9.84 Å². The van der Waals surface area contributed by atoms with Crippen LogP contribution >= 0.6 is 0 Å². The average Bonchev–Trinajstić information content (AvgIpc) is 2.68. The molecule has 1 heterocycles. The molecule has 2 rings (SSSR count). The van der Waals surface area contributed by atoms with Gasteiger partial charge in [-0.2, -0.15) is 0 Å². The Morgan fingerprint density at radius 1 is 1.43 bits per heavy atom. The monoisotopic (exact) mass is 290 g/mol. The summed E-state index contributed by atoms with van der Waals surface area (Å²) < 4.78 is 5.09. The number of rotatable bonds is 4. The van der Waals surface area contributed by atoms with Crippen molar-refractivity contribution in [2.24, 2.45) is 0 Å². The molecule has 0 saturated carbocycles. The number of aryl methyl sites for hydroxylation is 1. The summed E-state index contributed by atoms with van der Waals surface area (Å²) in [5.74, 6) is -1.22. The minimum absolute atomic E-state index is 0.0505. The maximum Gasteiger partial charge on any atom is 0.329 e. The Morgan fingerprint density at radius 2 is 2.14 bits per heavy atom. The fourth-order valence-electron chi connectivity index (χ4n) is 1.94. The summed E-state index contributed by atoms with van der Waals surface area (Å²) in [6, 6.07) is 4.54. The van der Waals surface area contributed by atoms with Crippen molar-refractivity contribution in [1.82, 2.24) is 10.2 Å². The molecule has 0 aromatic heterocycles. The highest BCUT2D eigenvalue weighted by Crippen LogP contribution is 2.20. The van der Waals surface area contributed by atoms with Crippen LogP contribution in [0.3, 0.4) is 0 Å². The number of carbonyl (C=O) groups is 3. The maximum atomic E-state index is 12.0. The van der Waals surface area contributed by atoms with Gasteiger partial charge in [0.15, 0.2) is 0 Å². The Morgan fingerprint density at radius 3 is 2.71 bits per heavy atom. The van der Waals surface area contributed by atoms with E-state index >= 15 is 0 Å². The van der Waals surface area contributed by atoms with Crippen LogP contribution in [0.25, 0.3) is 6.08 Å². The molecule has 0 spiro atoms. The summed E-state index contributed by atoms with van der Waals surface area (Å²) in [4.78, 5) is 34.8. The Labute approximate surface area is 120 Å². The van der Waals surface area contributed by atoms with Gasteiger partial charge in [-0.3, -0.25) is 9.59 Å². The van der Waals surface area contributed by atoms with E-state index in [9.17, 15) is 14.4 Å². The largest absolute Gasteiger partial charge is 0.497 e. The maximum absolute atomic E-state index is 12.0. The standard InChI is InChI=1S/C14H14N2O5/c1-8-5-10(21-2)4-3-9(8)6-11-13(19)16(7-12(17)18)14(20)15-11/h3-6H,7H2,1-2H3,(H,15,20)(H,17,18)/b11-6+. The lowest BCUT2D eigenvalue weighted by molar-refractivity contribution is -0.140. The van der Waals surface area contributed by atoms with Crippen LogP contribution in [0.4, 0.5) is 4.79 Å². The third-order valence-corrected chi connectivity index (χ3v) is 3.03. The van der Waals surface area contributed by atoms with E-state index in [1.807, 2.05) is 6.92 Å². The third-order valence-electron chi connectivity index (χ3n) is 3.03. The molecule has 21 heavy (non-hydrogen) atoms. The number of aliphatic carboxylic acids is 1. The van der Waals surface area contributed by atoms with Crippen molar-refractivity contribution in [1.29, 1.82) is 0 Å². The number of carboxylic acids is 1. The summed E-state index contributed by atoms with van der Waals surface area (Å²) >= 11 is 0. The molecule has 110 valence electrons. The predicted molar refractivity (Wildman–Crippen MR) is 73.6 cm³/mol. The topological polar surface area (TPSA) is 95.9 Å². The number of hydrogen-bond donors (Lipinski definition) is 2. The lowest BCUT2D eigenvalue weighted by Crippen LogP contribution is -2.35. The highest BCUT2D eigenvalue weighted by Gasteiger charge is 2.34. The van der Waals surface area contributed by atoms with E-state index in [2.05, 4.69) is 5.32 Å². The zero-order valence-electron chi connectivity index (χ0n) is 11.5. The molecule has 0 atom stereocenters. The van der Waals surface area contributed by atoms with Gasteiger partial charge in [0.1, 0.15) is 18.0 Å². The van der Waals surface area contributed by atoms with Crippen LogP contribution in [0.2, 0.25) is 0 Å². The van der Waals surface area contributed by atoms with Gasteiger partial charge in [0, 0.05) is 0 Å². The molecule has 0 bridgehead atoms. The van der Waals surface area contributed by atoms with Gasteiger partial charge in [-0.15, -0.1) is 0 Å². The van der Waals surface area contributed by atoms with Gasteiger partial charge in [-0.1, -0.05) is 6.07 Å². The van der Waals surface area contributed by atoms with Crippen molar-refractivity contribution in [3.8, 4) is 5.75 Å². The normalized spacial score (nSPS) is 16.3. The molecule has 1 aromatic carbocycles. The van der Waals surface area contributed by atoms with E-state index in [1.54, 1.807) is 25.3 Å². The summed E-state index contributed by atoms with van der Waals surface area (Å²) in [6.45, 7) is 1.18. The third kappa shape index (κ3) is 3.02. The van der Waals surface area contributed by atoms with E-state index in [0.717, 1.165) is 11.1 Å². The van der Waals surface area contributed by atoms with Gasteiger partial charge in [0.2, 0.25) is 0 Å². The molecule has 0 unspecified atom stereocenters. The number of amides is 3. The first-order chi connectivity index (χ1) is 9.92. The molecule has 1 fully saturated rings. The summed E-state index contributed by atoms with van der Waals surface area (Å²) in [6.07, 6.45) is 1.51. The van der Waals surface area contributed by atoms with Crippen molar-refractivity contribution in [2.45, 2.75) is 6.92 Å². The second-order valence-electron chi connectivity index (χ2n) is 4.50. The number of carbonyl (C=O) groups excluding carboxylic acids is 2. The number of carboxylic acid groups (broad SMARTS) is 1. The van der Waals surface area contributed by atoms with Gasteiger partial charge >= 0.3 is 12.0 Å². The van der Waals surface area contributed by atoms with Crippen molar-refractivity contribution in [2.75, 3.05) is 13.7 Å². The number of ether oxygens (including phenoxy) is 1. The highest BCUT2D eigenvalue weighted by atomic mass is 16.5. The van der Waals surface area contributed by atoms with Crippen LogP contribution in [0.5, 0.6) is 5.75 Å². The first-order valence-electron chi connectivity index (χ1n) is 6.13. The number of nitrogens with one attached hydrogen (secondary N) is 1. The van der Waals surface area contributed by atoms with Crippen molar-refractivity contribution in [3.05, 3.63) is 35.0 Å². The Hall–Kier alpha value is -2.83. The van der Waals surface area contributed by atoms with Crippen molar-refractivity contribution < 1.29 is 24.2 Å². The molecule has 7 nitrogen and oxygen atoms in total. The molecule has 1 aliphatic heterocycles. The second kappa shape index (κ2) is 5.66. The molecular weight excluding hydrogens is 276 g/mol. The average molecular weight is 290 g/mol. The highest BCUT2D eigenvalue weighted by molar-refractivity contribution is 6.15. The summed E-state index contributed by atoms with van der Waals surface area (Å²) in [5.41, 5.74) is 1.65. The van der Waals surface area contributed by atoms with Gasteiger partial charge in [0.05, 0.1) is 7.11 Å². The van der Waals surface area contributed by atoms with Crippen molar-refractivity contribution in [3.63, 3.8) is 0 Å². The van der Waals surface area contributed by atoms with E-state index in [1.165, 1.54) is 6.08 Å². The fraction of sp³-hybridized carbons (Fsp3) is 0.214. The second-order valence-corrected chi connectivity index (χ2v) is 4.50. The van der Waals surface area contributed by atoms with Crippen LogP contribution in [-0.4, -0.2) is 41.6 Å². The molecule has 1 aromatic rings. The lowest BCUT2D eigenvalue weighted by Gasteiger charge is -2.07. The number of benzene rings is 1. The predicted octanol–water partition coefficient (Wildman–Crippen LogP) is 0.981. The van der Waals surface area contributed by atoms with E-state index in [-0.39, 0.29) is 5.70 Å². The fourth-order valence-corrected chi connectivity index (χ4v) is 1.94. The zero-order chi connectivity index (χ0) is 15.6. The first-order valence-corrected chi connectivity index (χ1v) is 6.13. The van der Waals surface area contributed by atoms with Gasteiger partial charge in [-0.25, -0.2) is 9.69 Å². The minimum atomic E-state index is -1.25. The summed E-state index contributed by atoms with van der Waals surface area (Å²) in [7, 11) is 1.55. The number of urea groups is 1. The lowest BCUT2D eigenvalue weighted by atomic mass is 10.1. The molecule has 3 amide bonds. The molecule has 0 radical (unpaired) electrons. The van der Waals surface area contributed by atoms with Crippen LogP contribution in [-0.2, 0) is 9.59 Å². The SMILES string of the molecule is COc1ccc(/C=C2/NC(=O)N(CC(=O)O)C2=O)c(C)c1. The number of hydrogen-bond acceptors (Lipinski definition) is 4.